The van der Waals surface area contributed by atoms with Crippen LogP contribution in [0.15, 0.2) is 30.5 Å². The molecular formula is C21H19Cl2N3O3. The molecule has 0 radical (unpaired) electrons. The van der Waals surface area contributed by atoms with E-state index in [-0.39, 0.29) is 6.10 Å². The second-order valence-electron chi connectivity index (χ2n) is 6.44. The third-order valence-corrected chi connectivity index (χ3v) is 4.75. The van der Waals surface area contributed by atoms with E-state index in [1.165, 1.54) is 13.3 Å². The summed E-state index contributed by atoms with van der Waals surface area (Å²) in [5.74, 6) is 1.57. The van der Waals surface area contributed by atoms with Crippen molar-refractivity contribution >= 4 is 45.5 Å². The number of nitrogens with one attached hydrogen (secondary N) is 1. The van der Waals surface area contributed by atoms with Crippen LogP contribution in [0.5, 0.6) is 17.2 Å². The molecule has 0 atom stereocenters. The zero-order valence-corrected chi connectivity index (χ0v) is 17.9. The lowest BCUT2D eigenvalue weighted by Gasteiger charge is -2.17. The van der Waals surface area contributed by atoms with Crippen LogP contribution in [0.2, 0.25) is 10.0 Å². The molecule has 0 saturated carbocycles. The second-order valence-corrected chi connectivity index (χ2v) is 7.25. The Balaban J connectivity index is 2.20. The molecular weight excluding hydrogens is 413 g/mol. The van der Waals surface area contributed by atoms with E-state index in [1.54, 1.807) is 31.4 Å². The molecule has 6 nitrogen and oxygen atoms in total. The maximum atomic E-state index is 9.61. The van der Waals surface area contributed by atoms with Gasteiger partial charge in [-0.05, 0) is 26.0 Å². The summed E-state index contributed by atoms with van der Waals surface area (Å²) in [6.07, 6.45) is 1.47. The molecule has 3 rings (SSSR count). The van der Waals surface area contributed by atoms with E-state index >= 15 is 0 Å². The Morgan fingerprint density at radius 2 is 1.72 bits per heavy atom. The fourth-order valence-electron chi connectivity index (χ4n) is 2.84. The first kappa shape index (κ1) is 20.8. The van der Waals surface area contributed by atoms with Gasteiger partial charge in [-0.3, -0.25) is 4.98 Å². The smallest absolute Gasteiger partial charge is 0.163 e. The summed E-state index contributed by atoms with van der Waals surface area (Å²) in [4.78, 5) is 4.39. The highest BCUT2D eigenvalue weighted by molar-refractivity contribution is 6.37. The minimum atomic E-state index is -0.0299. The fourth-order valence-corrected chi connectivity index (χ4v) is 3.35. The van der Waals surface area contributed by atoms with Crippen LogP contribution in [-0.4, -0.2) is 25.3 Å². The van der Waals surface area contributed by atoms with Crippen molar-refractivity contribution < 1.29 is 14.2 Å². The van der Waals surface area contributed by atoms with Crippen molar-refractivity contribution in [2.24, 2.45) is 0 Å². The lowest BCUT2D eigenvalue weighted by atomic mass is 10.1. The molecule has 0 fully saturated rings. The lowest BCUT2D eigenvalue weighted by molar-refractivity contribution is 0.230. The Morgan fingerprint density at radius 1 is 1.00 bits per heavy atom. The minimum Gasteiger partial charge on any atom is -0.495 e. The molecule has 1 heterocycles. The van der Waals surface area contributed by atoms with E-state index in [2.05, 4.69) is 16.4 Å². The average Bonchev–Trinajstić information content (AvgIpc) is 2.69. The molecule has 0 aliphatic rings. The van der Waals surface area contributed by atoms with Gasteiger partial charge in [0.1, 0.15) is 11.8 Å². The van der Waals surface area contributed by atoms with Gasteiger partial charge in [-0.2, -0.15) is 5.26 Å². The van der Waals surface area contributed by atoms with Gasteiger partial charge in [-0.15, -0.1) is 0 Å². The minimum absolute atomic E-state index is 0.0299. The van der Waals surface area contributed by atoms with Crippen molar-refractivity contribution in [3.05, 3.63) is 46.1 Å². The number of ether oxygens (including phenoxy) is 3. The third-order valence-electron chi connectivity index (χ3n) is 4.14. The molecule has 0 aliphatic carbocycles. The molecule has 29 heavy (non-hydrogen) atoms. The van der Waals surface area contributed by atoms with Gasteiger partial charge in [0.05, 0.1) is 52.8 Å². The number of fused-ring (bicyclic) bond motifs is 1. The van der Waals surface area contributed by atoms with Crippen molar-refractivity contribution in [3.63, 3.8) is 0 Å². The zero-order valence-electron chi connectivity index (χ0n) is 16.3. The van der Waals surface area contributed by atoms with E-state index in [9.17, 15) is 5.26 Å². The molecule has 1 N–H and O–H groups in total. The highest BCUT2D eigenvalue weighted by Gasteiger charge is 2.17. The van der Waals surface area contributed by atoms with Gasteiger partial charge in [-0.1, -0.05) is 23.2 Å². The van der Waals surface area contributed by atoms with Crippen molar-refractivity contribution in [2.75, 3.05) is 19.5 Å². The highest BCUT2D eigenvalue weighted by Crippen LogP contribution is 2.40. The number of pyridine rings is 1. The van der Waals surface area contributed by atoms with Gasteiger partial charge in [0.2, 0.25) is 0 Å². The summed E-state index contributed by atoms with van der Waals surface area (Å²) in [6, 6.07) is 8.97. The van der Waals surface area contributed by atoms with Crippen LogP contribution in [0.4, 0.5) is 11.4 Å². The summed E-state index contributed by atoms with van der Waals surface area (Å²) in [7, 11) is 3.08. The van der Waals surface area contributed by atoms with Crippen LogP contribution in [0, 0.1) is 11.3 Å². The van der Waals surface area contributed by atoms with Gasteiger partial charge in [0, 0.05) is 23.7 Å². The fraction of sp³-hybridized carbons (Fsp3) is 0.238. The molecule has 0 amide bonds. The summed E-state index contributed by atoms with van der Waals surface area (Å²) in [5, 5.41) is 14.3. The van der Waals surface area contributed by atoms with Crippen LogP contribution >= 0.6 is 23.2 Å². The number of hydrogen-bond acceptors (Lipinski definition) is 6. The topological polar surface area (TPSA) is 76.4 Å². The number of halogens is 2. The second kappa shape index (κ2) is 8.64. The van der Waals surface area contributed by atoms with Crippen LogP contribution in [0.25, 0.3) is 10.9 Å². The quantitative estimate of drug-likeness (QED) is 0.518. The van der Waals surface area contributed by atoms with Crippen molar-refractivity contribution in [1.29, 1.82) is 5.26 Å². The molecule has 2 aromatic carbocycles. The Kier molecular flexibility index (Phi) is 6.21. The number of rotatable bonds is 6. The summed E-state index contributed by atoms with van der Waals surface area (Å²) in [6.45, 7) is 3.86. The first-order valence-electron chi connectivity index (χ1n) is 8.75. The Bertz CT molecular complexity index is 1110. The van der Waals surface area contributed by atoms with E-state index in [0.717, 1.165) is 0 Å². The summed E-state index contributed by atoms with van der Waals surface area (Å²) >= 11 is 12.5. The SMILES string of the molecule is COc1cc(Nc2c(C#N)cnc3cc(OC(C)C)c(OC)cc23)c(Cl)cc1Cl. The summed E-state index contributed by atoms with van der Waals surface area (Å²) in [5.41, 5.74) is 2.07. The van der Waals surface area contributed by atoms with Crippen molar-refractivity contribution in [2.45, 2.75) is 20.0 Å². The molecule has 1 aromatic heterocycles. The average molecular weight is 432 g/mol. The number of benzene rings is 2. The Labute approximate surface area is 178 Å². The molecule has 0 aliphatic heterocycles. The molecule has 3 aromatic rings. The molecule has 8 heteroatoms. The number of hydrogen-bond donors (Lipinski definition) is 1. The van der Waals surface area contributed by atoms with Crippen LogP contribution in [0.3, 0.4) is 0 Å². The highest BCUT2D eigenvalue weighted by atomic mass is 35.5. The number of aromatic nitrogens is 1. The first-order chi connectivity index (χ1) is 13.9. The van der Waals surface area contributed by atoms with E-state index in [4.69, 9.17) is 37.4 Å². The normalized spacial score (nSPS) is 10.7. The predicted molar refractivity (Wildman–Crippen MR) is 115 cm³/mol. The van der Waals surface area contributed by atoms with Gasteiger partial charge in [0.25, 0.3) is 0 Å². The van der Waals surface area contributed by atoms with Gasteiger partial charge >= 0.3 is 0 Å². The van der Waals surface area contributed by atoms with E-state index in [0.29, 0.717) is 55.1 Å². The maximum Gasteiger partial charge on any atom is 0.163 e. The van der Waals surface area contributed by atoms with Crippen LogP contribution < -0.4 is 19.5 Å². The van der Waals surface area contributed by atoms with Gasteiger partial charge in [-0.25, -0.2) is 0 Å². The number of methoxy groups -OCH3 is 2. The third kappa shape index (κ3) is 4.26. The van der Waals surface area contributed by atoms with Crippen molar-refractivity contribution in [1.82, 2.24) is 4.98 Å². The Morgan fingerprint density at radius 3 is 2.34 bits per heavy atom. The zero-order chi connectivity index (χ0) is 21.1. The van der Waals surface area contributed by atoms with E-state index in [1.807, 2.05) is 13.8 Å². The number of nitrogens with zero attached hydrogens (tertiary/aromatic N) is 2. The largest absolute Gasteiger partial charge is 0.495 e. The van der Waals surface area contributed by atoms with Crippen LogP contribution in [-0.2, 0) is 0 Å². The lowest BCUT2D eigenvalue weighted by Crippen LogP contribution is -2.07. The van der Waals surface area contributed by atoms with Crippen molar-refractivity contribution in [3.8, 4) is 23.3 Å². The monoisotopic (exact) mass is 431 g/mol. The molecule has 0 unspecified atom stereocenters. The molecule has 150 valence electrons. The van der Waals surface area contributed by atoms with Gasteiger partial charge < -0.3 is 19.5 Å². The van der Waals surface area contributed by atoms with Crippen LogP contribution in [0.1, 0.15) is 19.4 Å². The van der Waals surface area contributed by atoms with Gasteiger partial charge in [0.15, 0.2) is 11.5 Å². The predicted octanol–water partition coefficient (Wildman–Crippen LogP) is 5.96. The maximum absolute atomic E-state index is 9.61. The standard InChI is InChI=1S/C21H19Cl2N3O3/c1-11(2)29-20-7-16-13(5-19(20)28-4)21(12(9-24)10-25-16)26-17-8-18(27-3)15(23)6-14(17)22/h5-8,10-11H,1-4H3,(H,25,26). The first-order valence-corrected chi connectivity index (χ1v) is 9.51. The van der Waals surface area contributed by atoms with E-state index < -0.39 is 0 Å². The number of nitriles is 1. The summed E-state index contributed by atoms with van der Waals surface area (Å²) < 4.78 is 16.6. The molecule has 0 spiro atoms. The molecule has 0 saturated heterocycles. The Hall–Kier alpha value is -2.88. The number of anilines is 2. The molecule has 0 bridgehead atoms.